The molecular formula is C13H28O2Si. The van der Waals surface area contributed by atoms with Gasteiger partial charge in [-0.15, -0.1) is 0 Å². The maximum atomic E-state index is 11.8. The number of hydrogen-bond donors (Lipinski definition) is 0. The minimum Gasteiger partial charge on any atom is -0.465 e. The third-order valence-electron chi connectivity index (χ3n) is 3.27. The minimum atomic E-state index is -0.988. The third kappa shape index (κ3) is 5.68. The van der Waals surface area contributed by atoms with Crippen molar-refractivity contribution in [1.82, 2.24) is 0 Å². The highest BCUT2D eigenvalue weighted by molar-refractivity contribution is 6.76. The lowest BCUT2D eigenvalue weighted by atomic mass is 9.81. The van der Waals surface area contributed by atoms with Gasteiger partial charge in [-0.2, -0.15) is 0 Å². The molecule has 0 radical (unpaired) electrons. The summed E-state index contributed by atoms with van der Waals surface area (Å²) in [5, 5.41) is 0. The Hall–Kier alpha value is -0.313. The monoisotopic (exact) mass is 244 g/mol. The predicted octanol–water partition coefficient (Wildman–Crippen LogP) is 3.94. The van der Waals surface area contributed by atoms with Gasteiger partial charge in [0.1, 0.15) is 0 Å². The van der Waals surface area contributed by atoms with E-state index in [0.717, 1.165) is 6.42 Å². The van der Waals surface area contributed by atoms with Crippen LogP contribution in [0, 0.1) is 11.3 Å². The zero-order valence-electron chi connectivity index (χ0n) is 12.0. The zero-order valence-corrected chi connectivity index (χ0v) is 13.0. The first-order valence-electron chi connectivity index (χ1n) is 6.24. The van der Waals surface area contributed by atoms with Crippen LogP contribution in [0.1, 0.15) is 34.1 Å². The lowest BCUT2D eigenvalue weighted by Gasteiger charge is -2.26. The van der Waals surface area contributed by atoms with Crippen LogP contribution >= 0.6 is 0 Å². The SMILES string of the molecule is CC(C)C(C)(C)C(=O)OCCC[Si](C)(C)C. The third-order valence-corrected chi connectivity index (χ3v) is 5.13. The molecule has 2 nitrogen and oxygen atoms in total. The van der Waals surface area contributed by atoms with Gasteiger partial charge >= 0.3 is 5.97 Å². The van der Waals surface area contributed by atoms with Crippen LogP contribution in [0.2, 0.25) is 25.7 Å². The summed E-state index contributed by atoms with van der Waals surface area (Å²) < 4.78 is 5.35. The van der Waals surface area contributed by atoms with Crippen LogP contribution in [0.15, 0.2) is 0 Å². The Labute approximate surface area is 102 Å². The normalized spacial score (nSPS) is 13.0. The average molecular weight is 244 g/mol. The van der Waals surface area contributed by atoms with Crippen LogP contribution < -0.4 is 0 Å². The van der Waals surface area contributed by atoms with Crippen molar-refractivity contribution < 1.29 is 9.53 Å². The van der Waals surface area contributed by atoms with E-state index in [1.807, 2.05) is 13.8 Å². The summed E-state index contributed by atoms with van der Waals surface area (Å²) in [4.78, 5) is 11.8. The molecule has 0 spiro atoms. The Morgan fingerprint density at radius 2 is 1.75 bits per heavy atom. The lowest BCUT2D eigenvalue weighted by molar-refractivity contribution is -0.156. The van der Waals surface area contributed by atoms with E-state index in [2.05, 4.69) is 33.5 Å². The van der Waals surface area contributed by atoms with E-state index < -0.39 is 8.07 Å². The Kier molecular flexibility index (Phi) is 5.74. The van der Waals surface area contributed by atoms with Gasteiger partial charge in [0, 0.05) is 8.07 Å². The van der Waals surface area contributed by atoms with Gasteiger partial charge in [0.05, 0.1) is 12.0 Å². The van der Waals surface area contributed by atoms with Gasteiger partial charge in [0.15, 0.2) is 0 Å². The molecule has 96 valence electrons. The quantitative estimate of drug-likeness (QED) is 0.402. The van der Waals surface area contributed by atoms with Crippen LogP contribution in [0.25, 0.3) is 0 Å². The Balaban J connectivity index is 3.92. The summed E-state index contributed by atoms with van der Waals surface area (Å²) in [5.74, 6) is 0.259. The van der Waals surface area contributed by atoms with Gasteiger partial charge in [-0.05, 0) is 26.2 Å². The minimum absolute atomic E-state index is 0.0573. The van der Waals surface area contributed by atoms with Crippen molar-refractivity contribution in [2.75, 3.05) is 6.61 Å². The molecular weight excluding hydrogens is 216 g/mol. The molecule has 0 aromatic heterocycles. The molecule has 0 bridgehead atoms. The first-order valence-corrected chi connectivity index (χ1v) is 9.95. The number of rotatable bonds is 6. The van der Waals surface area contributed by atoms with Crippen molar-refractivity contribution in [2.45, 2.75) is 59.8 Å². The Bertz CT molecular complexity index is 227. The zero-order chi connectivity index (χ0) is 13.0. The molecule has 16 heavy (non-hydrogen) atoms. The molecule has 0 saturated carbocycles. The van der Waals surface area contributed by atoms with E-state index in [-0.39, 0.29) is 11.4 Å². The van der Waals surface area contributed by atoms with E-state index in [1.165, 1.54) is 6.04 Å². The van der Waals surface area contributed by atoms with Crippen molar-refractivity contribution in [3.63, 3.8) is 0 Å². The highest BCUT2D eigenvalue weighted by atomic mass is 28.3. The molecule has 0 saturated heterocycles. The topological polar surface area (TPSA) is 26.3 Å². The van der Waals surface area contributed by atoms with E-state index in [0.29, 0.717) is 12.5 Å². The average Bonchev–Trinajstić information content (AvgIpc) is 2.10. The van der Waals surface area contributed by atoms with Crippen molar-refractivity contribution in [3.05, 3.63) is 0 Å². The van der Waals surface area contributed by atoms with Crippen molar-refractivity contribution in [3.8, 4) is 0 Å². The molecule has 0 aliphatic heterocycles. The number of ether oxygens (including phenoxy) is 1. The van der Waals surface area contributed by atoms with E-state index >= 15 is 0 Å². The number of carbonyl (C=O) groups excluding carboxylic acids is 1. The van der Waals surface area contributed by atoms with E-state index in [9.17, 15) is 4.79 Å². The van der Waals surface area contributed by atoms with E-state index in [1.54, 1.807) is 0 Å². The molecule has 0 aliphatic carbocycles. The molecule has 0 atom stereocenters. The summed E-state index contributed by atoms with van der Waals surface area (Å²) in [7, 11) is -0.988. The molecule has 3 heteroatoms. The summed E-state index contributed by atoms with van der Waals surface area (Å²) >= 11 is 0. The van der Waals surface area contributed by atoms with Crippen LogP contribution in [0.4, 0.5) is 0 Å². The smallest absolute Gasteiger partial charge is 0.311 e. The van der Waals surface area contributed by atoms with Crippen molar-refractivity contribution in [1.29, 1.82) is 0 Å². The molecule has 0 aromatic carbocycles. The number of esters is 1. The maximum Gasteiger partial charge on any atom is 0.311 e. The first kappa shape index (κ1) is 15.7. The summed E-state index contributed by atoms with van der Waals surface area (Å²) in [6.07, 6.45) is 1.01. The first-order chi connectivity index (χ1) is 7.07. The maximum absolute atomic E-state index is 11.8. The molecule has 0 fully saturated rings. The Morgan fingerprint density at radius 3 is 2.12 bits per heavy atom. The van der Waals surface area contributed by atoms with Gasteiger partial charge in [0.2, 0.25) is 0 Å². The number of hydrogen-bond acceptors (Lipinski definition) is 2. The largest absolute Gasteiger partial charge is 0.465 e. The highest BCUT2D eigenvalue weighted by Gasteiger charge is 2.32. The molecule has 0 unspecified atom stereocenters. The molecule has 0 aliphatic rings. The summed E-state index contributed by atoms with van der Waals surface area (Å²) in [6, 6.07) is 1.22. The molecule has 0 rings (SSSR count). The fraction of sp³-hybridized carbons (Fsp3) is 0.923. The summed E-state index contributed by atoms with van der Waals surface area (Å²) in [6.45, 7) is 15.6. The second kappa shape index (κ2) is 5.85. The van der Waals surface area contributed by atoms with Crippen molar-refractivity contribution in [2.24, 2.45) is 11.3 Å². The fourth-order valence-electron chi connectivity index (χ4n) is 1.19. The highest BCUT2D eigenvalue weighted by Crippen LogP contribution is 2.27. The van der Waals surface area contributed by atoms with Crippen LogP contribution in [-0.4, -0.2) is 20.7 Å². The standard InChI is InChI=1S/C13H28O2Si/c1-11(2)13(3,4)12(14)15-9-8-10-16(5,6)7/h11H,8-10H2,1-7H3. The second-order valence-corrected chi connectivity index (χ2v) is 12.3. The van der Waals surface area contributed by atoms with Gasteiger partial charge in [-0.1, -0.05) is 39.5 Å². The van der Waals surface area contributed by atoms with Gasteiger partial charge < -0.3 is 4.74 Å². The van der Waals surface area contributed by atoms with Gasteiger partial charge in [0.25, 0.3) is 0 Å². The van der Waals surface area contributed by atoms with Gasteiger partial charge in [-0.25, -0.2) is 0 Å². The van der Waals surface area contributed by atoms with Crippen molar-refractivity contribution >= 4 is 14.0 Å². The lowest BCUT2D eigenvalue weighted by Crippen LogP contribution is -2.32. The van der Waals surface area contributed by atoms with Crippen LogP contribution in [-0.2, 0) is 9.53 Å². The van der Waals surface area contributed by atoms with E-state index in [4.69, 9.17) is 4.74 Å². The van der Waals surface area contributed by atoms with Crippen LogP contribution in [0.5, 0.6) is 0 Å². The molecule has 0 heterocycles. The fourth-order valence-corrected chi connectivity index (χ4v) is 2.39. The summed E-state index contributed by atoms with van der Waals surface area (Å²) in [5.41, 5.74) is -0.362. The number of carbonyl (C=O) groups is 1. The predicted molar refractivity (Wildman–Crippen MR) is 72.3 cm³/mol. The molecule has 0 amide bonds. The second-order valence-electron chi connectivity index (χ2n) is 6.68. The van der Waals surface area contributed by atoms with Crippen LogP contribution in [0.3, 0.4) is 0 Å². The molecule has 0 aromatic rings. The molecule has 0 N–H and O–H groups in total. The Morgan fingerprint density at radius 1 is 1.25 bits per heavy atom. The van der Waals surface area contributed by atoms with Gasteiger partial charge in [-0.3, -0.25) is 4.79 Å².